The van der Waals surface area contributed by atoms with Gasteiger partial charge in [-0.15, -0.1) is 0 Å². The van der Waals surface area contributed by atoms with Gasteiger partial charge >= 0.3 is 5.97 Å². The molecule has 1 aliphatic carbocycles. The van der Waals surface area contributed by atoms with Crippen molar-refractivity contribution < 1.29 is 19.5 Å². The van der Waals surface area contributed by atoms with Crippen LogP contribution in [0.3, 0.4) is 0 Å². The summed E-state index contributed by atoms with van der Waals surface area (Å²) in [5.74, 6) is -2.62. The standard InChI is InChI=1S/C16H15NO4/c18-13-7-10(9-4-2-1-3-5-9)6-12-15(13)11(16(20)21)8-14(19)17-12/h1-5,10-11H,6-8H2,(H,17,19)(H,20,21). The normalized spacial score (nSPS) is 25.3. The van der Waals surface area contributed by atoms with Crippen LogP contribution >= 0.6 is 0 Å². The molecule has 21 heavy (non-hydrogen) atoms. The largest absolute Gasteiger partial charge is 0.481 e. The Bertz CT molecular complexity index is 648. The lowest BCUT2D eigenvalue weighted by atomic mass is 9.75. The van der Waals surface area contributed by atoms with Gasteiger partial charge in [0.15, 0.2) is 5.78 Å². The summed E-state index contributed by atoms with van der Waals surface area (Å²) in [5.41, 5.74) is 1.81. The summed E-state index contributed by atoms with van der Waals surface area (Å²) >= 11 is 0. The second kappa shape index (κ2) is 5.16. The molecule has 5 nitrogen and oxygen atoms in total. The molecule has 2 N–H and O–H groups in total. The van der Waals surface area contributed by atoms with Crippen molar-refractivity contribution >= 4 is 17.7 Å². The van der Waals surface area contributed by atoms with Gasteiger partial charge in [-0.05, 0) is 17.9 Å². The number of amides is 1. The molecular weight excluding hydrogens is 270 g/mol. The lowest BCUT2D eigenvalue weighted by molar-refractivity contribution is -0.144. The zero-order chi connectivity index (χ0) is 15.0. The number of benzene rings is 1. The van der Waals surface area contributed by atoms with Gasteiger partial charge in [-0.2, -0.15) is 0 Å². The Morgan fingerprint density at radius 2 is 1.81 bits per heavy atom. The minimum absolute atomic E-state index is 0.00899. The van der Waals surface area contributed by atoms with Crippen LogP contribution in [0, 0.1) is 5.92 Å². The van der Waals surface area contributed by atoms with Crippen LogP contribution < -0.4 is 5.32 Å². The first kappa shape index (κ1) is 13.5. The van der Waals surface area contributed by atoms with Crippen molar-refractivity contribution in [3.8, 4) is 0 Å². The molecular formula is C16H15NO4. The Morgan fingerprint density at radius 1 is 1.10 bits per heavy atom. The highest BCUT2D eigenvalue weighted by atomic mass is 16.4. The molecule has 2 atom stereocenters. The molecule has 0 spiro atoms. The molecule has 0 bridgehead atoms. The van der Waals surface area contributed by atoms with Crippen LogP contribution in [0.5, 0.6) is 0 Å². The molecule has 1 amide bonds. The highest BCUT2D eigenvalue weighted by molar-refractivity contribution is 6.05. The summed E-state index contributed by atoms with van der Waals surface area (Å²) in [6.45, 7) is 0. The fourth-order valence-corrected chi connectivity index (χ4v) is 3.13. The lowest BCUT2D eigenvalue weighted by Crippen LogP contribution is -2.41. The number of carbonyl (C=O) groups excluding carboxylic acids is 2. The quantitative estimate of drug-likeness (QED) is 0.864. The SMILES string of the molecule is O=C1CC(C(=O)O)C2=C(CC(c3ccccc3)CC2=O)N1. The molecule has 0 saturated carbocycles. The van der Waals surface area contributed by atoms with E-state index >= 15 is 0 Å². The van der Waals surface area contributed by atoms with Gasteiger partial charge in [-0.3, -0.25) is 14.4 Å². The predicted molar refractivity (Wildman–Crippen MR) is 74.3 cm³/mol. The van der Waals surface area contributed by atoms with Crippen molar-refractivity contribution in [3.63, 3.8) is 0 Å². The van der Waals surface area contributed by atoms with Crippen LogP contribution in [0.1, 0.15) is 30.7 Å². The molecule has 2 unspecified atom stereocenters. The van der Waals surface area contributed by atoms with Gasteiger partial charge < -0.3 is 10.4 Å². The summed E-state index contributed by atoms with van der Waals surface area (Å²) in [6, 6.07) is 9.61. The monoisotopic (exact) mass is 285 g/mol. The van der Waals surface area contributed by atoms with Crippen LogP contribution in [0.15, 0.2) is 41.6 Å². The zero-order valence-electron chi connectivity index (χ0n) is 11.3. The number of Topliss-reactive ketones (excluding diaryl/α,β-unsaturated/α-hetero) is 1. The van der Waals surface area contributed by atoms with Crippen molar-refractivity contribution in [1.29, 1.82) is 0 Å². The van der Waals surface area contributed by atoms with E-state index in [1.54, 1.807) is 0 Å². The van der Waals surface area contributed by atoms with Crippen LogP contribution in [0.25, 0.3) is 0 Å². The zero-order valence-corrected chi connectivity index (χ0v) is 11.3. The van der Waals surface area contributed by atoms with Gasteiger partial charge in [0.25, 0.3) is 0 Å². The molecule has 1 aromatic rings. The Hall–Kier alpha value is -2.43. The van der Waals surface area contributed by atoms with E-state index in [2.05, 4.69) is 5.32 Å². The van der Waals surface area contributed by atoms with E-state index in [0.717, 1.165) is 5.56 Å². The number of rotatable bonds is 2. The van der Waals surface area contributed by atoms with Gasteiger partial charge in [-0.1, -0.05) is 30.3 Å². The number of hydrogen-bond donors (Lipinski definition) is 2. The summed E-state index contributed by atoms with van der Waals surface area (Å²) in [7, 11) is 0. The second-order valence-corrected chi connectivity index (χ2v) is 5.47. The van der Waals surface area contributed by atoms with E-state index in [0.29, 0.717) is 18.5 Å². The number of carboxylic acid groups (broad SMARTS) is 1. The van der Waals surface area contributed by atoms with Gasteiger partial charge in [0, 0.05) is 24.1 Å². The minimum Gasteiger partial charge on any atom is -0.481 e. The van der Waals surface area contributed by atoms with Gasteiger partial charge in [-0.25, -0.2) is 0 Å². The van der Waals surface area contributed by atoms with E-state index in [4.69, 9.17) is 0 Å². The minimum atomic E-state index is -1.11. The summed E-state index contributed by atoms with van der Waals surface area (Å²) < 4.78 is 0. The number of hydrogen-bond acceptors (Lipinski definition) is 3. The molecule has 1 aromatic carbocycles. The van der Waals surface area contributed by atoms with E-state index in [1.807, 2.05) is 30.3 Å². The third-order valence-electron chi connectivity index (χ3n) is 4.11. The molecule has 1 heterocycles. The van der Waals surface area contributed by atoms with Crippen LogP contribution in [0.4, 0.5) is 0 Å². The number of carbonyl (C=O) groups is 3. The number of carboxylic acids is 1. The van der Waals surface area contributed by atoms with Crippen molar-refractivity contribution in [2.45, 2.75) is 25.2 Å². The van der Waals surface area contributed by atoms with Crippen LogP contribution in [0.2, 0.25) is 0 Å². The molecule has 0 radical (unpaired) electrons. The summed E-state index contributed by atoms with van der Waals surface area (Å²) in [4.78, 5) is 35.3. The Labute approximate surface area is 121 Å². The third kappa shape index (κ3) is 2.46. The molecule has 2 aliphatic rings. The highest BCUT2D eigenvalue weighted by Crippen LogP contribution is 2.38. The molecule has 3 rings (SSSR count). The first-order valence-corrected chi connectivity index (χ1v) is 6.90. The lowest BCUT2D eigenvalue weighted by Gasteiger charge is -2.32. The summed E-state index contributed by atoms with van der Waals surface area (Å²) in [6.07, 6.45) is 0.638. The highest BCUT2D eigenvalue weighted by Gasteiger charge is 2.40. The molecule has 0 fully saturated rings. The second-order valence-electron chi connectivity index (χ2n) is 5.47. The van der Waals surface area contributed by atoms with Gasteiger partial charge in [0.2, 0.25) is 5.91 Å². The molecule has 108 valence electrons. The fraction of sp³-hybridized carbons (Fsp3) is 0.312. The fourth-order valence-electron chi connectivity index (χ4n) is 3.13. The Morgan fingerprint density at radius 3 is 2.48 bits per heavy atom. The average molecular weight is 285 g/mol. The number of ketones is 1. The number of nitrogens with one attached hydrogen (secondary N) is 1. The molecule has 1 aliphatic heterocycles. The van der Waals surface area contributed by atoms with Crippen LogP contribution in [-0.4, -0.2) is 22.8 Å². The van der Waals surface area contributed by atoms with Crippen molar-refractivity contribution in [2.75, 3.05) is 0 Å². The van der Waals surface area contributed by atoms with E-state index in [1.165, 1.54) is 0 Å². The first-order chi connectivity index (χ1) is 10.1. The topological polar surface area (TPSA) is 83.5 Å². The maximum absolute atomic E-state index is 12.4. The Kier molecular flexibility index (Phi) is 3.33. The van der Waals surface area contributed by atoms with E-state index in [9.17, 15) is 19.5 Å². The number of allylic oxidation sites excluding steroid dienone is 1. The van der Waals surface area contributed by atoms with Crippen LogP contribution in [-0.2, 0) is 14.4 Å². The predicted octanol–water partition coefficient (Wildman–Crippen LogP) is 1.61. The van der Waals surface area contributed by atoms with E-state index < -0.39 is 11.9 Å². The maximum atomic E-state index is 12.4. The smallest absolute Gasteiger partial charge is 0.311 e. The molecule has 0 saturated heterocycles. The van der Waals surface area contributed by atoms with E-state index in [-0.39, 0.29) is 29.6 Å². The van der Waals surface area contributed by atoms with Gasteiger partial charge in [0.05, 0.1) is 5.92 Å². The van der Waals surface area contributed by atoms with Crippen molar-refractivity contribution in [2.24, 2.45) is 5.92 Å². The Balaban J connectivity index is 1.96. The average Bonchev–Trinajstić information content (AvgIpc) is 2.46. The summed E-state index contributed by atoms with van der Waals surface area (Å²) in [5, 5.41) is 11.9. The molecule has 5 heteroatoms. The van der Waals surface area contributed by atoms with Crippen molar-refractivity contribution in [3.05, 3.63) is 47.2 Å². The number of aliphatic carboxylic acids is 1. The van der Waals surface area contributed by atoms with Gasteiger partial charge in [0.1, 0.15) is 0 Å². The van der Waals surface area contributed by atoms with Crippen molar-refractivity contribution in [1.82, 2.24) is 5.32 Å². The maximum Gasteiger partial charge on any atom is 0.311 e. The molecule has 0 aromatic heterocycles. The first-order valence-electron chi connectivity index (χ1n) is 6.90. The third-order valence-corrected chi connectivity index (χ3v) is 4.11.